The number of amides is 1. The third kappa shape index (κ3) is 4.81. The summed E-state index contributed by atoms with van der Waals surface area (Å²) < 4.78 is 43.8. The van der Waals surface area contributed by atoms with E-state index in [-0.39, 0.29) is 17.7 Å². The number of hydrogen-bond donors (Lipinski definition) is 1. The van der Waals surface area contributed by atoms with Crippen LogP contribution in [0.2, 0.25) is 0 Å². The number of nitrogens with one attached hydrogen (secondary N) is 1. The molecule has 0 atom stereocenters. The Labute approximate surface area is 121 Å². The lowest BCUT2D eigenvalue weighted by molar-refractivity contribution is -0.138. The Morgan fingerprint density at radius 2 is 2.05 bits per heavy atom. The predicted molar refractivity (Wildman–Crippen MR) is 73.9 cm³/mol. The van der Waals surface area contributed by atoms with Crippen LogP contribution in [0.25, 0.3) is 0 Å². The van der Waals surface area contributed by atoms with E-state index in [4.69, 9.17) is 4.74 Å². The van der Waals surface area contributed by atoms with Crippen molar-refractivity contribution in [2.75, 3.05) is 7.11 Å². The van der Waals surface area contributed by atoms with Gasteiger partial charge >= 0.3 is 6.18 Å². The second kappa shape index (κ2) is 7.15. The smallest absolute Gasteiger partial charge is 0.416 e. The molecule has 3 nitrogen and oxygen atoms in total. The number of ether oxygens (including phenoxy) is 1. The third-order valence-corrected chi connectivity index (χ3v) is 3.00. The van der Waals surface area contributed by atoms with Crippen molar-refractivity contribution in [3.63, 3.8) is 0 Å². The van der Waals surface area contributed by atoms with Gasteiger partial charge in [0.05, 0.1) is 19.1 Å². The molecular weight excluding hydrogens is 283 g/mol. The summed E-state index contributed by atoms with van der Waals surface area (Å²) >= 11 is 0. The normalized spacial score (nSPS) is 12.2. The minimum Gasteiger partial charge on any atom is -0.497 e. The van der Waals surface area contributed by atoms with Gasteiger partial charge in [0.1, 0.15) is 5.75 Å². The van der Waals surface area contributed by atoms with Crippen LogP contribution >= 0.6 is 0 Å². The van der Waals surface area contributed by atoms with E-state index in [1.54, 1.807) is 13.0 Å². The molecule has 116 valence electrons. The topological polar surface area (TPSA) is 38.3 Å². The maximum Gasteiger partial charge on any atom is 0.416 e. The number of benzene rings is 1. The van der Waals surface area contributed by atoms with Crippen molar-refractivity contribution in [1.82, 2.24) is 5.32 Å². The zero-order chi connectivity index (χ0) is 16.0. The molecule has 0 saturated heterocycles. The number of alkyl halides is 3. The number of halogens is 3. The Morgan fingerprint density at radius 3 is 2.52 bits per heavy atom. The van der Waals surface area contributed by atoms with E-state index >= 15 is 0 Å². The molecule has 0 aromatic heterocycles. The highest BCUT2D eigenvalue weighted by atomic mass is 19.4. The second-order valence-electron chi connectivity index (χ2n) is 4.41. The van der Waals surface area contributed by atoms with Crippen LogP contribution in [0, 0.1) is 0 Å². The maximum atomic E-state index is 13.0. The Bertz CT molecular complexity index is 536. The number of hydrogen-bond acceptors (Lipinski definition) is 2. The van der Waals surface area contributed by atoms with Crippen molar-refractivity contribution in [3.8, 4) is 5.75 Å². The van der Waals surface area contributed by atoms with Crippen molar-refractivity contribution in [2.45, 2.75) is 32.9 Å². The quantitative estimate of drug-likeness (QED) is 0.901. The molecule has 0 spiro atoms. The van der Waals surface area contributed by atoms with E-state index in [9.17, 15) is 18.0 Å². The fourth-order valence-electron chi connectivity index (χ4n) is 1.86. The van der Waals surface area contributed by atoms with Crippen molar-refractivity contribution in [3.05, 3.63) is 41.1 Å². The number of methoxy groups -OCH3 is 1. The third-order valence-electron chi connectivity index (χ3n) is 3.00. The molecule has 0 bridgehead atoms. The van der Waals surface area contributed by atoms with E-state index < -0.39 is 17.6 Å². The number of rotatable bonds is 5. The minimum absolute atomic E-state index is 0.0765. The summed E-state index contributed by atoms with van der Waals surface area (Å²) in [6.07, 6.45) is -2.54. The first-order valence-electron chi connectivity index (χ1n) is 6.51. The summed E-state index contributed by atoms with van der Waals surface area (Å²) in [6, 6.07) is 3.58. The van der Waals surface area contributed by atoms with Gasteiger partial charge in [0.15, 0.2) is 0 Å². The lowest BCUT2D eigenvalue weighted by Crippen LogP contribution is -2.25. The highest BCUT2D eigenvalue weighted by Gasteiger charge is 2.34. The zero-order valence-electron chi connectivity index (χ0n) is 12.2. The highest BCUT2D eigenvalue weighted by molar-refractivity contribution is 5.80. The number of allylic oxidation sites excluding steroid dienone is 2. The lowest BCUT2D eigenvalue weighted by atomic mass is 10.0. The SMILES string of the molecule is CC=C(CC)NC(=O)Cc1ccc(OC)cc1C(F)(F)F. The van der Waals surface area contributed by atoms with Crippen molar-refractivity contribution < 1.29 is 22.7 Å². The molecule has 0 aliphatic carbocycles. The molecule has 1 N–H and O–H groups in total. The van der Waals surface area contributed by atoms with Crippen molar-refractivity contribution in [1.29, 1.82) is 0 Å². The van der Waals surface area contributed by atoms with Crippen molar-refractivity contribution >= 4 is 5.91 Å². The van der Waals surface area contributed by atoms with E-state index in [0.29, 0.717) is 12.1 Å². The average molecular weight is 301 g/mol. The first kappa shape index (κ1) is 17.1. The standard InChI is InChI=1S/C15H18F3NO2/c1-4-11(5-2)19-14(20)8-10-6-7-12(21-3)9-13(10)15(16,17)18/h4,6-7,9H,5,8H2,1-3H3,(H,19,20). The van der Waals surface area contributed by atoms with Crippen LogP contribution in [0.4, 0.5) is 13.2 Å². The van der Waals surface area contributed by atoms with Crippen LogP contribution in [0.5, 0.6) is 5.75 Å². The minimum atomic E-state index is -4.53. The molecule has 0 radical (unpaired) electrons. The van der Waals surface area contributed by atoms with Gasteiger partial charge in [-0.2, -0.15) is 13.2 Å². The van der Waals surface area contributed by atoms with Crippen LogP contribution in [-0.4, -0.2) is 13.0 Å². The van der Waals surface area contributed by atoms with Gasteiger partial charge in [0, 0.05) is 5.70 Å². The summed E-state index contributed by atoms with van der Waals surface area (Å²) in [4.78, 5) is 11.8. The molecule has 1 amide bonds. The van der Waals surface area contributed by atoms with E-state index in [1.807, 2.05) is 6.92 Å². The summed E-state index contributed by atoms with van der Waals surface area (Å²) in [5.74, 6) is -0.366. The maximum absolute atomic E-state index is 13.0. The highest BCUT2D eigenvalue weighted by Crippen LogP contribution is 2.34. The molecule has 0 heterocycles. The number of carbonyl (C=O) groups excluding carboxylic acids is 1. The summed E-state index contributed by atoms with van der Waals surface area (Å²) in [5.41, 5.74) is -0.245. The lowest BCUT2D eigenvalue weighted by Gasteiger charge is -2.14. The van der Waals surface area contributed by atoms with Crippen LogP contribution in [0.3, 0.4) is 0 Å². The van der Waals surface area contributed by atoms with Gasteiger partial charge in [-0.25, -0.2) is 0 Å². The van der Waals surface area contributed by atoms with Gasteiger partial charge in [0.25, 0.3) is 0 Å². The molecule has 1 aromatic carbocycles. The first-order valence-corrected chi connectivity index (χ1v) is 6.51. The zero-order valence-corrected chi connectivity index (χ0v) is 12.2. The van der Waals surface area contributed by atoms with Gasteiger partial charge in [-0.05, 0) is 31.0 Å². The molecule has 1 rings (SSSR count). The molecule has 0 aliphatic rings. The van der Waals surface area contributed by atoms with Crippen LogP contribution in [0.1, 0.15) is 31.4 Å². The van der Waals surface area contributed by atoms with E-state index in [2.05, 4.69) is 5.32 Å². The van der Waals surface area contributed by atoms with Crippen LogP contribution in [-0.2, 0) is 17.4 Å². The Hall–Kier alpha value is -1.98. The van der Waals surface area contributed by atoms with Gasteiger partial charge in [-0.3, -0.25) is 4.79 Å². The van der Waals surface area contributed by atoms with Crippen molar-refractivity contribution in [2.24, 2.45) is 0 Å². The Morgan fingerprint density at radius 1 is 1.38 bits per heavy atom. The largest absolute Gasteiger partial charge is 0.497 e. The Balaban J connectivity index is 3.00. The van der Waals surface area contributed by atoms with Gasteiger partial charge in [0.2, 0.25) is 5.91 Å². The molecule has 6 heteroatoms. The monoisotopic (exact) mass is 301 g/mol. The molecule has 21 heavy (non-hydrogen) atoms. The summed E-state index contributed by atoms with van der Waals surface area (Å²) in [7, 11) is 1.29. The van der Waals surface area contributed by atoms with Gasteiger partial charge in [-0.1, -0.05) is 19.1 Å². The average Bonchev–Trinajstić information content (AvgIpc) is 2.44. The van der Waals surface area contributed by atoms with Crippen LogP contribution in [0.15, 0.2) is 30.0 Å². The summed E-state index contributed by atoms with van der Waals surface area (Å²) in [5, 5.41) is 2.60. The number of carbonyl (C=O) groups is 1. The summed E-state index contributed by atoms with van der Waals surface area (Å²) in [6.45, 7) is 3.61. The molecule has 0 saturated carbocycles. The van der Waals surface area contributed by atoms with E-state index in [1.165, 1.54) is 19.2 Å². The van der Waals surface area contributed by atoms with Crippen LogP contribution < -0.4 is 10.1 Å². The Kier molecular flexibility index (Phi) is 5.81. The first-order chi connectivity index (χ1) is 9.81. The fourth-order valence-corrected chi connectivity index (χ4v) is 1.86. The molecular formula is C15H18F3NO2. The van der Waals surface area contributed by atoms with E-state index in [0.717, 1.165) is 6.07 Å². The predicted octanol–water partition coefficient (Wildman–Crippen LogP) is 3.69. The molecule has 0 unspecified atom stereocenters. The molecule has 0 aliphatic heterocycles. The van der Waals surface area contributed by atoms with Gasteiger partial charge < -0.3 is 10.1 Å². The second-order valence-corrected chi connectivity index (χ2v) is 4.41. The molecule has 1 aromatic rings. The van der Waals surface area contributed by atoms with Gasteiger partial charge in [-0.15, -0.1) is 0 Å². The molecule has 0 fully saturated rings. The fraction of sp³-hybridized carbons (Fsp3) is 0.400.